The Balaban J connectivity index is 1.83. The van der Waals surface area contributed by atoms with Gasteiger partial charge in [0.05, 0.1) is 21.5 Å². The molecule has 1 aromatic carbocycles. The molecule has 0 aliphatic heterocycles. The number of halogens is 3. The summed E-state index contributed by atoms with van der Waals surface area (Å²) in [6.07, 6.45) is -0.256. The lowest BCUT2D eigenvalue weighted by atomic mass is 9.85. The Morgan fingerprint density at radius 3 is 2.48 bits per heavy atom. The molecule has 1 aliphatic rings. The summed E-state index contributed by atoms with van der Waals surface area (Å²) in [6.45, 7) is 1.60. The molecule has 4 rings (SSSR count). The highest BCUT2D eigenvalue weighted by atomic mass is 32.1. The molecule has 0 atom stereocenters. The maximum absolute atomic E-state index is 13.9. The minimum absolute atomic E-state index is 0.0505. The van der Waals surface area contributed by atoms with Gasteiger partial charge in [-0.05, 0) is 50.3 Å². The first kappa shape index (κ1) is 21.5. The molecule has 0 saturated heterocycles. The zero-order valence-electron chi connectivity index (χ0n) is 17.1. The molecule has 0 radical (unpaired) electrons. The van der Waals surface area contributed by atoms with Crippen LogP contribution < -0.4 is 10.6 Å². The average Bonchev–Trinajstić information content (AvgIpc) is 3.26. The molecule has 0 bridgehead atoms. The molecule has 0 spiro atoms. The summed E-state index contributed by atoms with van der Waals surface area (Å²) >= 11 is 1.28. The highest BCUT2D eigenvalue weighted by Gasteiger charge is 2.36. The Kier molecular flexibility index (Phi) is 5.59. The number of aryl methyl sites for hydroxylation is 1. The number of amides is 1. The molecule has 1 saturated carbocycles. The predicted octanol–water partition coefficient (Wildman–Crippen LogP) is 4.56. The van der Waals surface area contributed by atoms with Gasteiger partial charge < -0.3 is 10.6 Å². The van der Waals surface area contributed by atoms with Crippen molar-refractivity contribution < 1.29 is 18.0 Å². The van der Waals surface area contributed by atoms with E-state index in [1.165, 1.54) is 11.3 Å². The van der Waals surface area contributed by atoms with Crippen molar-refractivity contribution in [3.8, 4) is 10.4 Å². The Labute approximate surface area is 181 Å². The molecule has 6 nitrogen and oxygen atoms in total. The number of carbonyl (C=O) groups is 1. The van der Waals surface area contributed by atoms with Crippen LogP contribution in [0.15, 0.2) is 23.8 Å². The number of anilines is 1. The molecule has 164 valence electrons. The number of benzene rings is 1. The lowest BCUT2D eigenvalue weighted by Crippen LogP contribution is -2.38. The van der Waals surface area contributed by atoms with Crippen LogP contribution in [0.1, 0.15) is 37.1 Å². The number of fused-ring (bicyclic) bond motifs is 1. The first-order chi connectivity index (χ1) is 14.6. The third-order valence-corrected chi connectivity index (χ3v) is 6.72. The van der Waals surface area contributed by atoms with Crippen LogP contribution in [-0.4, -0.2) is 33.9 Å². The third-order valence-electron chi connectivity index (χ3n) is 5.90. The van der Waals surface area contributed by atoms with Crippen molar-refractivity contribution in [3.63, 3.8) is 0 Å². The fraction of sp³-hybridized carbons (Fsp3) is 0.429. The van der Waals surface area contributed by atoms with E-state index < -0.39 is 11.7 Å². The van der Waals surface area contributed by atoms with E-state index >= 15 is 0 Å². The van der Waals surface area contributed by atoms with E-state index in [2.05, 4.69) is 15.0 Å². The van der Waals surface area contributed by atoms with Gasteiger partial charge in [0.2, 0.25) is 5.91 Å². The van der Waals surface area contributed by atoms with E-state index in [1.54, 1.807) is 24.7 Å². The SMILES string of the molecule is Cc1nc(N(C)C2CCC(C(N)=O)CC2)c2cc(-c3cncs3)cc(C(F)(F)F)c2n1. The monoisotopic (exact) mass is 449 g/mol. The van der Waals surface area contributed by atoms with Crippen LogP contribution in [0.2, 0.25) is 0 Å². The van der Waals surface area contributed by atoms with Crippen LogP contribution in [0, 0.1) is 12.8 Å². The van der Waals surface area contributed by atoms with Gasteiger partial charge in [0, 0.05) is 30.6 Å². The number of carbonyl (C=O) groups excluding carboxylic acids is 1. The van der Waals surface area contributed by atoms with E-state index in [9.17, 15) is 18.0 Å². The zero-order valence-corrected chi connectivity index (χ0v) is 17.9. The summed E-state index contributed by atoms with van der Waals surface area (Å²) in [5, 5.41) is 0.350. The van der Waals surface area contributed by atoms with Crippen LogP contribution >= 0.6 is 11.3 Å². The molecule has 2 aromatic heterocycles. The number of nitrogens with two attached hydrogens (primary N) is 1. The minimum atomic E-state index is -4.56. The first-order valence-electron chi connectivity index (χ1n) is 9.95. The predicted molar refractivity (Wildman–Crippen MR) is 114 cm³/mol. The van der Waals surface area contributed by atoms with Gasteiger partial charge in [-0.25, -0.2) is 9.97 Å². The average molecular weight is 450 g/mol. The van der Waals surface area contributed by atoms with Crippen LogP contribution in [-0.2, 0) is 11.0 Å². The van der Waals surface area contributed by atoms with Crippen molar-refractivity contribution in [2.75, 3.05) is 11.9 Å². The van der Waals surface area contributed by atoms with Crippen molar-refractivity contribution in [1.82, 2.24) is 15.0 Å². The Bertz CT molecular complexity index is 1110. The maximum atomic E-state index is 13.9. The van der Waals surface area contributed by atoms with E-state index in [0.29, 0.717) is 34.5 Å². The smallest absolute Gasteiger partial charge is 0.369 e. The summed E-state index contributed by atoms with van der Waals surface area (Å²) in [5.41, 5.74) is 6.55. The molecular weight excluding hydrogens is 427 g/mol. The molecule has 2 heterocycles. The molecule has 10 heteroatoms. The van der Waals surface area contributed by atoms with Crippen molar-refractivity contribution >= 4 is 34.0 Å². The van der Waals surface area contributed by atoms with Crippen LogP contribution in [0.5, 0.6) is 0 Å². The lowest BCUT2D eigenvalue weighted by molar-refractivity contribution is -0.136. The number of thiazole rings is 1. The number of nitrogens with zero attached hydrogens (tertiary/aromatic N) is 4. The maximum Gasteiger partial charge on any atom is 0.418 e. The van der Waals surface area contributed by atoms with E-state index in [-0.39, 0.29) is 29.2 Å². The van der Waals surface area contributed by atoms with Crippen molar-refractivity contribution in [2.24, 2.45) is 11.7 Å². The van der Waals surface area contributed by atoms with Crippen LogP contribution in [0.4, 0.5) is 19.0 Å². The first-order valence-corrected chi connectivity index (χ1v) is 10.8. The van der Waals surface area contributed by atoms with Gasteiger partial charge in [-0.3, -0.25) is 9.78 Å². The van der Waals surface area contributed by atoms with Gasteiger partial charge in [-0.15, -0.1) is 11.3 Å². The highest BCUT2D eigenvalue weighted by Crippen LogP contribution is 2.41. The normalized spacial score (nSPS) is 19.5. The Hall–Kier alpha value is -2.75. The third kappa shape index (κ3) is 4.21. The van der Waals surface area contributed by atoms with Crippen LogP contribution in [0.3, 0.4) is 0 Å². The Morgan fingerprint density at radius 1 is 1.19 bits per heavy atom. The molecule has 1 aliphatic carbocycles. The van der Waals surface area contributed by atoms with Gasteiger partial charge in [0.15, 0.2) is 0 Å². The Morgan fingerprint density at radius 2 is 1.90 bits per heavy atom. The zero-order chi connectivity index (χ0) is 22.3. The second-order valence-corrected chi connectivity index (χ2v) is 8.78. The lowest BCUT2D eigenvalue weighted by Gasteiger charge is -2.35. The van der Waals surface area contributed by atoms with E-state index in [4.69, 9.17) is 5.73 Å². The second kappa shape index (κ2) is 8.07. The largest absolute Gasteiger partial charge is 0.418 e. The topological polar surface area (TPSA) is 85.0 Å². The van der Waals surface area contributed by atoms with Crippen LogP contribution in [0.25, 0.3) is 21.3 Å². The van der Waals surface area contributed by atoms with Crippen molar-refractivity contribution in [2.45, 2.75) is 44.8 Å². The molecule has 2 N–H and O–H groups in total. The van der Waals surface area contributed by atoms with Crippen molar-refractivity contribution in [1.29, 1.82) is 0 Å². The summed E-state index contributed by atoms with van der Waals surface area (Å²) in [7, 11) is 1.84. The highest BCUT2D eigenvalue weighted by molar-refractivity contribution is 7.13. The van der Waals surface area contributed by atoms with Gasteiger partial charge in [0.1, 0.15) is 11.6 Å². The van der Waals surface area contributed by atoms with Gasteiger partial charge >= 0.3 is 6.18 Å². The van der Waals surface area contributed by atoms with Crippen molar-refractivity contribution in [3.05, 3.63) is 35.2 Å². The number of hydrogen-bond acceptors (Lipinski definition) is 6. The summed E-state index contributed by atoms with van der Waals surface area (Å²) in [4.78, 5) is 26.7. The van der Waals surface area contributed by atoms with Gasteiger partial charge in [0.25, 0.3) is 0 Å². The summed E-state index contributed by atoms with van der Waals surface area (Å²) < 4.78 is 41.8. The molecule has 3 aromatic rings. The fourth-order valence-electron chi connectivity index (χ4n) is 4.23. The molecule has 0 unspecified atom stereocenters. The molecular formula is C21H22F3N5OS. The summed E-state index contributed by atoms with van der Waals surface area (Å²) in [5.74, 6) is 0.287. The number of rotatable bonds is 4. The fourth-order valence-corrected chi connectivity index (χ4v) is 4.84. The molecule has 31 heavy (non-hydrogen) atoms. The van der Waals surface area contributed by atoms with Gasteiger partial charge in [-0.2, -0.15) is 13.2 Å². The van der Waals surface area contributed by atoms with Gasteiger partial charge in [-0.1, -0.05) is 0 Å². The molecule has 1 fully saturated rings. The number of hydrogen-bond donors (Lipinski definition) is 1. The summed E-state index contributed by atoms with van der Waals surface area (Å²) in [6, 6.07) is 2.89. The second-order valence-electron chi connectivity index (χ2n) is 7.90. The number of primary amides is 1. The molecule has 1 amide bonds. The van der Waals surface area contributed by atoms with E-state index in [1.807, 2.05) is 11.9 Å². The van der Waals surface area contributed by atoms with E-state index in [0.717, 1.165) is 18.9 Å². The minimum Gasteiger partial charge on any atom is -0.369 e. The standard InChI is InChI=1S/C21H22F3N5OS/c1-11-27-18-15(7-13(17-9-26-10-31-17)8-16(18)21(22,23)24)20(28-11)29(2)14-5-3-12(4-6-14)19(25)30/h7-10,12,14H,3-6H2,1-2H3,(H2,25,30). The number of aromatic nitrogens is 3. The quantitative estimate of drug-likeness (QED) is 0.631. The number of alkyl halides is 3.